The van der Waals surface area contributed by atoms with Crippen molar-refractivity contribution < 1.29 is 21.6 Å². The van der Waals surface area contributed by atoms with Gasteiger partial charge in [-0.15, -0.1) is 0 Å². The van der Waals surface area contributed by atoms with Crippen LogP contribution in [0.2, 0.25) is 5.02 Å². The summed E-state index contributed by atoms with van der Waals surface area (Å²) in [4.78, 5) is 0. The van der Waals surface area contributed by atoms with Crippen molar-refractivity contribution in [2.45, 2.75) is 23.6 Å². The molecular weight excluding hydrogens is 303 g/mol. The molecule has 108 valence electrons. The maximum atomic E-state index is 12.7. The molecule has 1 rings (SSSR count). The van der Waals surface area contributed by atoms with Crippen molar-refractivity contribution >= 4 is 21.4 Å². The Morgan fingerprint density at radius 3 is 2.32 bits per heavy atom. The molecule has 0 saturated heterocycles. The van der Waals surface area contributed by atoms with E-state index in [1.807, 2.05) is 0 Å². The molecule has 0 aromatic heterocycles. The molecule has 1 aromatic carbocycles. The number of hydrogen-bond donors (Lipinski definition) is 1. The average molecular weight is 316 g/mol. The molecular formula is C11H13ClF3NO2S. The minimum Gasteiger partial charge on any atom is -0.330 e. The highest BCUT2D eigenvalue weighted by atomic mass is 35.5. The molecule has 8 heteroatoms. The maximum Gasteiger partial charge on any atom is 0.405 e. The van der Waals surface area contributed by atoms with Gasteiger partial charge < -0.3 is 5.73 Å². The molecule has 1 atom stereocenters. The number of alkyl halides is 3. The first kappa shape index (κ1) is 16.3. The summed E-state index contributed by atoms with van der Waals surface area (Å²) in [6.45, 7) is -0.355. The van der Waals surface area contributed by atoms with E-state index in [2.05, 4.69) is 0 Å². The van der Waals surface area contributed by atoms with Gasteiger partial charge in [-0.05, 0) is 24.6 Å². The van der Waals surface area contributed by atoms with E-state index in [0.717, 1.165) is 0 Å². The van der Waals surface area contributed by atoms with Crippen LogP contribution in [0.1, 0.15) is 12.0 Å². The molecule has 0 spiro atoms. The van der Waals surface area contributed by atoms with E-state index < -0.39 is 33.4 Å². The molecule has 2 N–H and O–H groups in total. The minimum atomic E-state index is -4.83. The predicted molar refractivity (Wildman–Crippen MR) is 67.6 cm³/mol. The highest BCUT2D eigenvalue weighted by Gasteiger charge is 2.47. The summed E-state index contributed by atoms with van der Waals surface area (Å²) in [7, 11) is -4.41. The van der Waals surface area contributed by atoms with Crippen LogP contribution < -0.4 is 5.73 Å². The minimum absolute atomic E-state index is 0.125. The van der Waals surface area contributed by atoms with Crippen molar-refractivity contribution in [3.05, 3.63) is 34.9 Å². The molecule has 0 saturated carbocycles. The molecule has 0 aliphatic heterocycles. The quantitative estimate of drug-likeness (QED) is 0.908. The second kappa shape index (κ2) is 6.11. The van der Waals surface area contributed by atoms with Gasteiger partial charge in [0.05, 0.1) is 5.75 Å². The Morgan fingerprint density at radius 2 is 1.84 bits per heavy atom. The summed E-state index contributed by atoms with van der Waals surface area (Å²) >= 11 is 5.76. The van der Waals surface area contributed by atoms with Crippen molar-refractivity contribution in [2.24, 2.45) is 5.73 Å². The number of sulfone groups is 1. The Labute approximate surface area is 114 Å². The molecule has 19 heavy (non-hydrogen) atoms. The maximum absolute atomic E-state index is 12.7. The SMILES string of the molecule is NCCC(C(F)(F)F)S(=O)(=O)Cc1ccccc1Cl. The first-order chi connectivity index (χ1) is 8.68. The lowest BCUT2D eigenvalue weighted by atomic mass is 10.2. The topological polar surface area (TPSA) is 60.2 Å². The molecule has 0 aliphatic rings. The number of rotatable bonds is 5. The third kappa shape index (κ3) is 4.36. The first-order valence-electron chi connectivity index (χ1n) is 5.40. The number of hydrogen-bond acceptors (Lipinski definition) is 3. The molecule has 0 fully saturated rings. The third-order valence-electron chi connectivity index (χ3n) is 2.54. The summed E-state index contributed by atoms with van der Waals surface area (Å²) in [5, 5.41) is -2.33. The van der Waals surface area contributed by atoms with E-state index in [9.17, 15) is 21.6 Å². The average Bonchev–Trinajstić information content (AvgIpc) is 2.27. The Bertz CT molecular complexity index is 531. The Morgan fingerprint density at radius 1 is 1.26 bits per heavy atom. The van der Waals surface area contributed by atoms with Crippen molar-refractivity contribution in [2.75, 3.05) is 6.54 Å². The van der Waals surface area contributed by atoms with Crippen LogP contribution in [0.4, 0.5) is 13.2 Å². The van der Waals surface area contributed by atoms with Gasteiger partial charge in [0, 0.05) is 5.02 Å². The molecule has 0 radical (unpaired) electrons. The van der Waals surface area contributed by atoms with Gasteiger partial charge in [0.25, 0.3) is 0 Å². The standard InChI is InChI=1S/C11H13ClF3NO2S/c12-9-4-2-1-3-8(9)7-19(17,18)10(5-6-16)11(13,14)15/h1-4,10H,5-7,16H2. The van der Waals surface area contributed by atoms with Gasteiger partial charge in [-0.2, -0.15) is 13.2 Å². The lowest BCUT2D eigenvalue weighted by molar-refractivity contribution is -0.131. The Hall–Kier alpha value is -0.790. The number of benzene rings is 1. The van der Waals surface area contributed by atoms with E-state index in [4.69, 9.17) is 17.3 Å². The van der Waals surface area contributed by atoms with Crippen molar-refractivity contribution in [3.8, 4) is 0 Å². The number of halogens is 4. The van der Waals surface area contributed by atoms with Crippen LogP contribution in [-0.2, 0) is 15.6 Å². The van der Waals surface area contributed by atoms with Crippen LogP contribution >= 0.6 is 11.6 Å². The van der Waals surface area contributed by atoms with E-state index in [-0.39, 0.29) is 17.1 Å². The van der Waals surface area contributed by atoms with Crippen molar-refractivity contribution in [1.29, 1.82) is 0 Å². The molecule has 3 nitrogen and oxygen atoms in total. The zero-order valence-corrected chi connectivity index (χ0v) is 11.4. The summed E-state index contributed by atoms with van der Waals surface area (Å²) in [5.41, 5.74) is 5.20. The Kier molecular flexibility index (Phi) is 5.23. The van der Waals surface area contributed by atoms with E-state index in [1.165, 1.54) is 18.2 Å². The van der Waals surface area contributed by atoms with Gasteiger partial charge in [-0.1, -0.05) is 29.8 Å². The fourth-order valence-electron chi connectivity index (χ4n) is 1.63. The fraction of sp³-hybridized carbons (Fsp3) is 0.455. The van der Waals surface area contributed by atoms with E-state index in [1.54, 1.807) is 6.07 Å². The highest BCUT2D eigenvalue weighted by molar-refractivity contribution is 7.91. The van der Waals surface area contributed by atoms with Crippen LogP contribution in [0.15, 0.2) is 24.3 Å². The van der Waals surface area contributed by atoms with E-state index in [0.29, 0.717) is 0 Å². The lowest BCUT2D eigenvalue weighted by Crippen LogP contribution is -2.39. The molecule has 1 unspecified atom stereocenters. The lowest BCUT2D eigenvalue weighted by Gasteiger charge is -2.20. The predicted octanol–water partition coefficient (Wildman–Crippen LogP) is 2.53. The van der Waals surface area contributed by atoms with Crippen LogP contribution in [0.3, 0.4) is 0 Å². The monoisotopic (exact) mass is 315 g/mol. The Balaban J connectivity index is 3.06. The summed E-state index contributed by atoms with van der Waals surface area (Å²) in [6.07, 6.45) is -5.49. The largest absolute Gasteiger partial charge is 0.405 e. The van der Waals surface area contributed by atoms with Crippen molar-refractivity contribution in [1.82, 2.24) is 0 Å². The van der Waals surface area contributed by atoms with Gasteiger partial charge in [-0.3, -0.25) is 0 Å². The molecule has 0 bridgehead atoms. The van der Waals surface area contributed by atoms with Gasteiger partial charge in [-0.25, -0.2) is 8.42 Å². The van der Waals surface area contributed by atoms with Gasteiger partial charge in [0.15, 0.2) is 15.1 Å². The first-order valence-corrected chi connectivity index (χ1v) is 7.49. The normalized spacial score (nSPS) is 14.4. The van der Waals surface area contributed by atoms with E-state index >= 15 is 0 Å². The molecule has 1 aromatic rings. The second-order valence-electron chi connectivity index (χ2n) is 4.01. The fourth-order valence-corrected chi connectivity index (χ4v) is 3.70. The smallest absolute Gasteiger partial charge is 0.330 e. The van der Waals surface area contributed by atoms with Crippen molar-refractivity contribution in [3.63, 3.8) is 0 Å². The summed E-state index contributed by atoms with van der Waals surface area (Å²) in [6, 6.07) is 5.90. The van der Waals surface area contributed by atoms with Crippen LogP contribution in [0.5, 0.6) is 0 Å². The van der Waals surface area contributed by atoms with Gasteiger partial charge in [0.1, 0.15) is 0 Å². The summed E-state index contributed by atoms with van der Waals surface area (Å²) in [5.74, 6) is -0.753. The summed E-state index contributed by atoms with van der Waals surface area (Å²) < 4.78 is 61.9. The molecule has 0 amide bonds. The van der Waals surface area contributed by atoms with Gasteiger partial charge >= 0.3 is 6.18 Å². The van der Waals surface area contributed by atoms with Crippen LogP contribution in [0.25, 0.3) is 0 Å². The van der Waals surface area contributed by atoms with Crippen LogP contribution in [-0.4, -0.2) is 26.4 Å². The zero-order chi connectivity index (χ0) is 14.7. The molecule has 0 aliphatic carbocycles. The van der Waals surface area contributed by atoms with Crippen LogP contribution in [0, 0.1) is 0 Å². The highest BCUT2D eigenvalue weighted by Crippen LogP contribution is 2.31. The second-order valence-corrected chi connectivity index (χ2v) is 6.60. The zero-order valence-electron chi connectivity index (χ0n) is 9.82. The van der Waals surface area contributed by atoms with Gasteiger partial charge in [0.2, 0.25) is 0 Å². The number of nitrogens with two attached hydrogens (primary N) is 1. The third-order valence-corrected chi connectivity index (χ3v) is 4.99. The molecule has 0 heterocycles.